The number of furan rings is 1. The predicted octanol–water partition coefficient (Wildman–Crippen LogP) is 7.18. The van der Waals surface area contributed by atoms with Gasteiger partial charge in [-0.25, -0.2) is 9.97 Å². The van der Waals surface area contributed by atoms with E-state index in [1.165, 1.54) is 44.1 Å². The molecule has 4 aromatic rings. The standard InChI is InChI=1S/C32H40N4O/c1-23-27(20-30(37-23)26-11-5-4-6-12-26)22-33-21-25-18-16-24(17-19-25)10-9-15-31-34-29-14-8-7-13-28(29)32(35-31)36(2)3/h4-8,11-14,20,24-25,33H,9-10,15-19,21-22H2,1-3H3. The van der Waals surface area contributed by atoms with E-state index in [-0.39, 0.29) is 0 Å². The third-order valence-corrected chi connectivity index (χ3v) is 7.86. The van der Waals surface area contributed by atoms with Crippen LogP contribution in [-0.4, -0.2) is 30.6 Å². The Morgan fingerprint density at radius 3 is 2.43 bits per heavy atom. The minimum Gasteiger partial charge on any atom is -0.461 e. The van der Waals surface area contributed by atoms with Gasteiger partial charge in [0.15, 0.2) is 0 Å². The third kappa shape index (κ3) is 6.40. The molecule has 2 aromatic carbocycles. The Morgan fingerprint density at radius 1 is 0.919 bits per heavy atom. The van der Waals surface area contributed by atoms with Crippen molar-refractivity contribution in [3.8, 4) is 11.3 Å². The molecule has 2 heterocycles. The molecule has 0 aliphatic heterocycles. The van der Waals surface area contributed by atoms with Gasteiger partial charge in [-0.15, -0.1) is 0 Å². The molecule has 1 aliphatic carbocycles. The molecule has 5 nitrogen and oxygen atoms in total. The molecule has 5 rings (SSSR count). The van der Waals surface area contributed by atoms with Gasteiger partial charge in [0.05, 0.1) is 5.52 Å². The van der Waals surface area contributed by atoms with Crippen LogP contribution in [0.25, 0.3) is 22.2 Å². The van der Waals surface area contributed by atoms with Gasteiger partial charge >= 0.3 is 0 Å². The number of benzene rings is 2. The van der Waals surface area contributed by atoms with E-state index >= 15 is 0 Å². The lowest BCUT2D eigenvalue weighted by molar-refractivity contribution is 0.253. The highest BCUT2D eigenvalue weighted by Crippen LogP contribution is 2.32. The number of aryl methyl sites for hydroxylation is 2. The molecule has 2 aromatic heterocycles. The summed E-state index contributed by atoms with van der Waals surface area (Å²) in [5.41, 5.74) is 3.45. The summed E-state index contributed by atoms with van der Waals surface area (Å²) in [5.74, 6) is 5.60. The van der Waals surface area contributed by atoms with Gasteiger partial charge in [-0.3, -0.25) is 0 Å². The van der Waals surface area contributed by atoms with Gasteiger partial charge in [-0.2, -0.15) is 0 Å². The molecule has 1 aliphatic rings. The maximum Gasteiger partial charge on any atom is 0.139 e. The van der Waals surface area contributed by atoms with E-state index in [1.54, 1.807) is 0 Å². The molecule has 0 amide bonds. The molecule has 0 radical (unpaired) electrons. The Kier molecular flexibility index (Phi) is 8.20. The highest BCUT2D eigenvalue weighted by molar-refractivity contribution is 5.89. The van der Waals surface area contributed by atoms with Crippen molar-refractivity contribution < 1.29 is 4.42 Å². The largest absolute Gasteiger partial charge is 0.461 e. The summed E-state index contributed by atoms with van der Waals surface area (Å²) in [5, 5.41) is 4.83. The van der Waals surface area contributed by atoms with Crippen LogP contribution in [0.5, 0.6) is 0 Å². The lowest BCUT2D eigenvalue weighted by Crippen LogP contribution is -2.26. The van der Waals surface area contributed by atoms with E-state index in [0.29, 0.717) is 0 Å². The summed E-state index contributed by atoms with van der Waals surface area (Å²) in [6, 6.07) is 20.9. The Balaban J connectivity index is 1.04. The summed E-state index contributed by atoms with van der Waals surface area (Å²) in [4.78, 5) is 11.8. The number of para-hydroxylation sites is 1. The van der Waals surface area contributed by atoms with Gasteiger partial charge in [0.2, 0.25) is 0 Å². The van der Waals surface area contributed by atoms with Crippen LogP contribution in [-0.2, 0) is 13.0 Å². The van der Waals surface area contributed by atoms with Gasteiger partial charge in [0, 0.05) is 43.6 Å². The van der Waals surface area contributed by atoms with Crippen LogP contribution in [0.15, 0.2) is 65.1 Å². The lowest BCUT2D eigenvalue weighted by atomic mass is 9.80. The SMILES string of the molecule is Cc1oc(-c2ccccc2)cc1CNCC1CCC(CCCc2nc(N(C)C)c3ccccc3n2)CC1. The lowest BCUT2D eigenvalue weighted by Gasteiger charge is -2.28. The summed E-state index contributed by atoms with van der Waals surface area (Å²) < 4.78 is 6.01. The fraction of sp³-hybridized carbons (Fsp3) is 0.438. The second kappa shape index (κ2) is 11.9. The maximum atomic E-state index is 6.01. The summed E-state index contributed by atoms with van der Waals surface area (Å²) in [7, 11) is 4.12. The van der Waals surface area contributed by atoms with Crippen LogP contribution in [0.2, 0.25) is 0 Å². The van der Waals surface area contributed by atoms with Crippen LogP contribution in [0.4, 0.5) is 5.82 Å². The number of rotatable bonds is 10. The van der Waals surface area contributed by atoms with E-state index in [2.05, 4.69) is 85.8 Å². The first kappa shape index (κ1) is 25.5. The molecule has 1 N–H and O–H groups in total. The smallest absolute Gasteiger partial charge is 0.139 e. The molecule has 1 fully saturated rings. The Bertz CT molecular complexity index is 1290. The average molecular weight is 497 g/mol. The fourth-order valence-corrected chi connectivity index (χ4v) is 5.68. The normalized spacial score (nSPS) is 17.8. The summed E-state index contributed by atoms with van der Waals surface area (Å²) in [6.07, 6.45) is 8.76. The minimum absolute atomic E-state index is 0.781. The predicted molar refractivity (Wildman–Crippen MR) is 153 cm³/mol. The first-order valence-corrected chi connectivity index (χ1v) is 13.8. The van der Waals surface area contributed by atoms with Crippen molar-refractivity contribution in [3.05, 3.63) is 77.8 Å². The monoisotopic (exact) mass is 496 g/mol. The quantitative estimate of drug-likeness (QED) is 0.252. The molecule has 0 atom stereocenters. The fourth-order valence-electron chi connectivity index (χ4n) is 5.68. The number of nitrogens with zero attached hydrogens (tertiary/aromatic N) is 3. The zero-order valence-corrected chi connectivity index (χ0v) is 22.5. The Hall–Kier alpha value is -3.18. The van der Waals surface area contributed by atoms with Crippen molar-refractivity contribution >= 4 is 16.7 Å². The molecular formula is C32H40N4O. The molecule has 1 saturated carbocycles. The van der Waals surface area contributed by atoms with Gasteiger partial charge < -0.3 is 14.6 Å². The second-order valence-corrected chi connectivity index (χ2v) is 10.8. The number of hydrogen-bond acceptors (Lipinski definition) is 5. The van der Waals surface area contributed by atoms with Crippen LogP contribution in [0, 0.1) is 18.8 Å². The summed E-state index contributed by atoms with van der Waals surface area (Å²) in [6.45, 7) is 4.04. The van der Waals surface area contributed by atoms with Crippen molar-refractivity contribution in [2.75, 3.05) is 25.5 Å². The van der Waals surface area contributed by atoms with E-state index in [0.717, 1.165) is 71.0 Å². The maximum absolute atomic E-state index is 6.01. The second-order valence-electron chi connectivity index (χ2n) is 10.8. The van der Waals surface area contributed by atoms with Crippen molar-refractivity contribution in [3.63, 3.8) is 0 Å². The average Bonchev–Trinajstić information content (AvgIpc) is 3.30. The Morgan fingerprint density at radius 2 is 1.65 bits per heavy atom. The zero-order valence-electron chi connectivity index (χ0n) is 22.5. The van der Waals surface area contributed by atoms with E-state index in [9.17, 15) is 0 Å². The highest BCUT2D eigenvalue weighted by Gasteiger charge is 2.21. The molecule has 0 unspecified atom stereocenters. The number of hydrogen-bond donors (Lipinski definition) is 1. The first-order chi connectivity index (χ1) is 18.1. The van der Waals surface area contributed by atoms with Crippen molar-refractivity contribution in [1.82, 2.24) is 15.3 Å². The van der Waals surface area contributed by atoms with Gasteiger partial charge in [0.1, 0.15) is 23.2 Å². The van der Waals surface area contributed by atoms with Crippen molar-refractivity contribution in [2.45, 2.75) is 58.4 Å². The molecule has 5 heteroatoms. The summed E-state index contributed by atoms with van der Waals surface area (Å²) >= 11 is 0. The molecule has 194 valence electrons. The first-order valence-electron chi connectivity index (χ1n) is 13.8. The van der Waals surface area contributed by atoms with Crippen LogP contribution < -0.4 is 10.2 Å². The molecule has 0 saturated heterocycles. The number of anilines is 1. The van der Waals surface area contributed by atoms with E-state index in [1.807, 2.05) is 6.07 Å². The number of nitrogens with one attached hydrogen (secondary N) is 1. The molecule has 0 spiro atoms. The molecule has 0 bridgehead atoms. The van der Waals surface area contributed by atoms with Crippen LogP contribution in [0.3, 0.4) is 0 Å². The van der Waals surface area contributed by atoms with Crippen molar-refractivity contribution in [1.29, 1.82) is 0 Å². The van der Waals surface area contributed by atoms with Gasteiger partial charge in [-0.05, 0) is 62.8 Å². The van der Waals surface area contributed by atoms with Crippen molar-refractivity contribution in [2.24, 2.45) is 11.8 Å². The molecular weight excluding hydrogens is 456 g/mol. The van der Waals surface area contributed by atoms with Gasteiger partial charge in [-0.1, -0.05) is 61.7 Å². The molecule has 37 heavy (non-hydrogen) atoms. The Labute approximate surface area is 221 Å². The topological polar surface area (TPSA) is 54.2 Å². The van der Waals surface area contributed by atoms with Crippen LogP contribution >= 0.6 is 0 Å². The highest BCUT2D eigenvalue weighted by atomic mass is 16.3. The zero-order chi connectivity index (χ0) is 25.6. The van der Waals surface area contributed by atoms with E-state index < -0.39 is 0 Å². The van der Waals surface area contributed by atoms with Gasteiger partial charge in [0.25, 0.3) is 0 Å². The van der Waals surface area contributed by atoms with Crippen LogP contribution in [0.1, 0.15) is 55.7 Å². The number of aromatic nitrogens is 2. The third-order valence-electron chi connectivity index (χ3n) is 7.86. The van der Waals surface area contributed by atoms with E-state index in [4.69, 9.17) is 14.4 Å². The number of fused-ring (bicyclic) bond motifs is 1. The minimum atomic E-state index is 0.781.